The summed E-state index contributed by atoms with van der Waals surface area (Å²) in [5.41, 5.74) is 2.32. The second kappa shape index (κ2) is 8.65. The van der Waals surface area contributed by atoms with Gasteiger partial charge in [0.1, 0.15) is 24.7 Å². The minimum Gasteiger partial charge on any atom is -0.497 e. The summed E-state index contributed by atoms with van der Waals surface area (Å²) in [5, 5.41) is 0. The van der Waals surface area contributed by atoms with Crippen LogP contribution in [0.1, 0.15) is 37.3 Å². The van der Waals surface area contributed by atoms with Gasteiger partial charge in [-0.2, -0.15) is 0 Å². The molecule has 1 heterocycles. The molecular weight excluding hydrogens is 316 g/mol. The van der Waals surface area contributed by atoms with Gasteiger partial charge in [-0.3, -0.25) is 0 Å². The first kappa shape index (κ1) is 17.5. The van der Waals surface area contributed by atoms with Crippen molar-refractivity contribution in [1.29, 1.82) is 0 Å². The lowest BCUT2D eigenvalue weighted by molar-refractivity contribution is 0.170. The Labute approximate surface area is 149 Å². The highest BCUT2D eigenvalue weighted by Gasteiger charge is 2.17. The van der Waals surface area contributed by atoms with Crippen molar-refractivity contribution in [1.82, 2.24) is 0 Å². The third kappa shape index (κ3) is 4.59. The number of ether oxygens (including phenoxy) is 4. The molecule has 1 aliphatic rings. The standard InChI is InChI=1S/C21H26O4/c1-3-4-5-10-23-19-15-21-20(24-11-12-25-21)14-17(19)13-16-6-8-18(22-2)9-7-16/h6-9,14-15H,3-5,10-13H2,1-2H3. The minimum absolute atomic E-state index is 0.583. The van der Waals surface area contributed by atoms with Gasteiger partial charge in [0, 0.05) is 18.1 Å². The summed E-state index contributed by atoms with van der Waals surface area (Å²) in [6.45, 7) is 4.09. The van der Waals surface area contributed by atoms with E-state index in [0.717, 1.165) is 48.0 Å². The second-order valence-electron chi connectivity index (χ2n) is 6.18. The van der Waals surface area contributed by atoms with Gasteiger partial charge >= 0.3 is 0 Å². The highest BCUT2D eigenvalue weighted by atomic mass is 16.6. The molecular formula is C21H26O4. The highest BCUT2D eigenvalue weighted by Crippen LogP contribution is 2.38. The Bertz CT molecular complexity index is 679. The molecule has 25 heavy (non-hydrogen) atoms. The zero-order valence-corrected chi connectivity index (χ0v) is 15.0. The predicted molar refractivity (Wildman–Crippen MR) is 98.3 cm³/mol. The third-order valence-electron chi connectivity index (χ3n) is 4.28. The molecule has 2 aromatic rings. The molecule has 0 spiro atoms. The van der Waals surface area contributed by atoms with E-state index in [2.05, 4.69) is 19.1 Å². The maximum Gasteiger partial charge on any atom is 0.165 e. The summed E-state index contributed by atoms with van der Waals surface area (Å²) in [4.78, 5) is 0. The summed E-state index contributed by atoms with van der Waals surface area (Å²) < 4.78 is 22.7. The number of hydrogen-bond acceptors (Lipinski definition) is 4. The van der Waals surface area contributed by atoms with Crippen LogP contribution in [0, 0.1) is 0 Å². The van der Waals surface area contributed by atoms with Crippen molar-refractivity contribution >= 4 is 0 Å². The zero-order chi connectivity index (χ0) is 17.5. The Kier molecular flexibility index (Phi) is 6.04. The molecule has 0 saturated carbocycles. The normalized spacial score (nSPS) is 12.7. The van der Waals surface area contributed by atoms with Crippen molar-refractivity contribution in [2.45, 2.75) is 32.6 Å². The molecule has 2 aromatic carbocycles. The Morgan fingerprint density at radius 3 is 2.36 bits per heavy atom. The van der Waals surface area contributed by atoms with Gasteiger partial charge in [-0.05, 0) is 30.2 Å². The van der Waals surface area contributed by atoms with Gasteiger partial charge in [-0.15, -0.1) is 0 Å². The first-order chi connectivity index (χ1) is 12.3. The van der Waals surface area contributed by atoms with Crippen molar-refractivity contribution in [2.24, 2.45) is 0 Å². The molecule has 0 aliphatic carbocycles. The number of benzene rings is 2. The second-order valence-corrected chi connectivity index (χ2v) is 6.18. The van der Waals surface area contributed by atoms with E-state index in [1.54, 1.807) is 7.11 Å². The molecule has 0 radical (unpaired) electrons. The van der Waals surface area contributed by atoms with Gasteiger partial charge < -0.3 is 18.9 Å². The zero-order valence-electron chi connectivity index (χ0n) is 15.0. The summed E-state index contributed by atoms with van der Waals surface area (Å²) in [6.07, 6.45) is 4.21. The van der Waals surface area contributed by atoms with Crippen LogP contribution >= 0.6 is 0 Å². The Hall–Kier alpha value is -2.36. The molecule has 0 atom stereocenters. The molecule has 0 fully saturated rings. The first-order valence-electron chi connectivity index (χ1n) is 8.98. The van der Waals surface area contributed by atoms with Crippen molar-refractivity contribution in [3.8, 4) is 23.0 Å². The van der Waals surface area contributed by atoms with Gasteiger partial charge in [-0.1, -0.05) is 31.9 Å². The van der Waals surface area contributed by atoms with E-state index in [1.165, 1.54) is 18.4 Å². The fraction of sp³-hybridized carbons (Fsp3) is 0.429. The quantitative estimate of drug-likeness (QED) is 0.656. The van der Waals surface area contributed by atoms with Crippen LogP contribution in [0.2, 0.25) is 0 Å². The molecule has 0 aromatic heterocycles. The molecule has 0 bridgehead atoms. The fourth-order valence-electron chi connectivity index (χ4n) is 2.88. The minimum atomic E-state index is 0.583. The largest absolute Gasteiger partial charge is 0.497 e. The fourth-order valence-corrected chi connectivity index (χ4v) is 2.88. The van der Waals surface area contributed by atoms with Crippen LogP contribution in [0.25, 0.3) is 0 Å². The van der Waals surface area contributed by atoms with Crippen LogP contribution < -0.4 is 18.9 Å². The number of hydrogen-bond donors (Lipinski definition) is 0. The van der Waals surface area contributed by atoms with Crippen LogP contribution in [-0.4, -0.2) is 26.9 Å². The average Bonchev–Trinajstić information content (AvgIpc) is 2.66. The molecule has 0 saturated heterocycles. The van der Waals surface area contributed by atoms with E-state index in [0.29, 0.717) is 13.2 Å². The van der Waals surface area contributed by atoms with E-state index >= 15 is 0 Å². The highest BCUT2D eigenvalue weighted by molar-refractivity contribution is 5.52. The van der Waals surface area contributed by atoms with Gasteiger partial charge in [-0.25, -0.2) is 0 Å². The lowest BCUT2D eigenvalue weighted by Gasteiger charge is -2.21. The van der Waals surface area contributed by atoms with Crippen molar-refractivity contribution in [2.75, 3.05) is 26.9 Å². The summed E-state index contributed by atoms with van der Waals surface area (Å²) in [7, 11) is 1.68. The molecule has 0 amide bonds. The number of fused-ring (bicyclic) bond motifs is 1. The van der Waals surface area contributed by atoms with Gasteiger partial charge in [0.15, 0.2) is 11.5 Å². The van der Waals surface area contributed by atoms with Crippen molar-refractivity contribution < 1.29 is 18.9 Å². The van der Waals surface area contributed by atoms with E-state index in [9.17, 15) is 0 Å². The summed E-state index contributed by atoms with van der Waals surface area (Å²) in [6, 6.07) is 12.1. The van der Waals surface area contributed by atoms with E-state index in [4.69, 9.17) is 18.9 Å². The Morgan fingerprint density at radius 1 is 0.960 bits per heavy atom. The van der Waals surface area contributed by atoms with Gasteiger partial charge in [0.05, 0.1) is 13.7 Å². The Balaban J connectivity index is 1.80. The maximum absolute atomic E-state index is 6.06. The summed E-state index contributed by atoms with van der Waals surface area (Å²) >= 11 is 0. The van der Waals surface area contributed by atoms with E-state index in [1.807, 2.05) is 24.3 Å². The third-order valence-corrected chi connectivity index (χ3v) is 4.28. The van der Waals surface area contributed by atoms with E-state index < -0.39 is 0 Å². The van der Waals surface area contributed by atoms with Crippen LogP contribution in [-0.2, 0) is 6.42 Å². The molecule has 1 aliphatic heterocycles. The number of unbranched alkanes of at least 4 members (excludes halogenated alkanes) is 2. The van der Waals surface area contributed by atoms with Gasteiger partial charge in [0.25, 0.3) is 0 Å². The van der Waals surface area contributed by atoms with Crippen LogP contribution in [0.4, 0.5) is 0 Å². The number of methoxy groups -OCH3 is 1. The molecule has 134 valence electrons. The topological polar surface area (TPSA) is 36.9 Å². The molecule has 4 nitrogen and oxygen atoms in total. The lowest BCUT2D eigenvalue weighted by atomic mass is 10.0. The van der Waals surface area contributed by atoms with Crippen molar-refractivity contribution in [3.05, 3.63) is 47.5 Å². The maximum atomic E-state index is 6.06. The average molecular weight is 342 g/mol. The monoisotopic (exact) mass is 342 g/mol. The molecule has 0 N–H and O–H groups in total. The summed E-state index contributed by atoms with van der Waals surface area (Å²) in [5.74, 6) is 3.32. The van der Waals surface area contributed by atoms with E-state index in [-0.39, 0.29) is 0 Å². The molecule has 3 rings (SSSR count). The number of rotatable bonds is 8. The Morgan fingerprint density at radius 2 is 1.68 bits per heavy atom. The molecule has 4 heteroatoms. The lowest BCUT2D eigenvalue weighted by Crippen LogP contribution is -2.16. The molecule has 0 unspecified atom stereocenters. The van der Waals surface area contributed by atoms with Gasteiger partial charge in [0.2, 0.25) is 0 Å². The van der Waals surface area contributed by atoms with Crippen LogP contribution in [0.15, 0.2) is 36.4 Å². The van der Waals surface area contributed by atoms with Crippen LogP contribution in [0.5, 0.6) is 23.0 Å². The van der Waals surface area contributed by atoms with Crippen LogP contribution in [0.3, 0.4) is 0 Å². The smallest absolute Gasteiger partial charge is 0.165 e. The SMILES string of the molecule is CCCCCOc1cc2c(cc1Cc1ccc(OC)cc1)OCCO2. The first-order valence-corrected chi connectivity index (χ1v) is 8.98. The van der Waals surface area contributed by atoms with Crippen molar-refractivity contribution in [3.63, 3.8) is 0 Å². The predicted octanol–water partition coefficient (Wildman–Crippen LogP) is 4.63.